The minimum absolute atomic E-state index is 0.0875. The number of ether oxygens (including phenoxy) is 1. The van der Waals surface area contributed by atoms with Crippen LogP contribution >= 0.6 is 0 Å². The normalized spacial score (nSPS) is 10.7. The Morgan fingerprint density at radius 2 is 1.58 bits per heavy atom. The zero-order chi connectivity index (χ0) is 18.2. The third-order valence-corrected chi connectivity index (χ3v) is 3.91. The van der Waals surface area contributed by atoms with Gasteiger partial charge in [-0.05, 0) is 41.3 Å². The SMILES string of the molecule is Cc1ccccc1/C=N/NC(=O)COc1ccc(-c2ccccc2)cc1. The molecule has 4 heteroatoms. The van der Waals surface area contributed by atoms with E-state index in [4.69, 9.17) is 4.74 Å². The molecule has 26 heavy (non-hydrogen) atoms. The number of nitrogens with zero attached hydrogens (tertiary/aromatic N) is 1. The van der Waals surface area contributed by atoms with E-state index in [1.54, 1.807) is 6.21 Å². The van der Waals surface area contributed by atoms with Gasteiger partial charge in [-0.25, -0.2) is 5.43 Å². The maximum Gasteiger partial charge on any atom is 0.277 e. The molecule has 0 spiro atoms. The number of aryl methyl sites for hydroxylation is 1. The van der Waals surface area contributed by atoms with E-state index in [0.29, 0.717) is 5.75 Å². The predicted molar refractivity (Wildman–Crippen MR) is 104 cm³/mol. The Morgan fingerprint density at radius 1 is 0.923 bits per heavy atom. The first-order valence-corrected chi connectivity index (χ1v) is 8.38. The van der Waals surface area contributed by atoms with Crippen molar-refractivity contribution in [2.45, 2.75) is 6.92 Å². The number of rotatable bonds is 6. The van der Waals surface area contributed by atoms with Crippen molar-refractivity contribution in [3.8, 4) is 16.9 Å². The van der Waals surface area contributed by atoms with Gasteiger partial charge in [-0.2, -0.15) is 5.10 Å². The van der Waals surface area contributed by atoms with Crippen LogP contribution in [-0.4, -0.2) is 18.7 Å². The average molecular weight is 344 g/mol. The zero-order valence-electron chi connectivity index (χ0n) is 14.6. The van der Waals surface area contributed by atoms with Crippen LogP contribution in [0.5, 0.6) is 5.75 Å². The van der Waals surface area contributed by atoms with Crippen LogP contribution in [0, 0.1) is 6.92 Å². The Kier molecular flexibility index (Phi) is 5.78. The fourth-order valence-corrected chi connectivity index (χ4v) is 2.46. The highest BCUT2D eigenvalue weighted by Gasteiger charge is 2.02. The fourth-order valence-electron chi connectivity index (χ4n) is 2.46. The van der Waals surface area contributed by atoms with Gasteiger partial charge in [0.2, 0.25) is 0 Å². The van der Waals surface area contributed by atoms with Crippen molar-refractivity contribution in [2.24, 2.45) is 5.10 Å². The summed E-state index contributed by atoms with van der Waals surface area (Å²) >= 11 is 0. The van der Waals surface area contributed by atoms with Crippen LogP contribution in [0.3, 0.4) is 0 Å². The van der Waals surface area contributed by atoms with Gasteiger partial charge in [-0.1, -0.05) is 66.7 Å². The van der Waals surface area contributed by atoms with Crippen molar-refractivity contribution in [3.05, 3.63) is 90.0 Å². The van der Waals surface area contributed by atoms with Crippen molar-refractivity contribution < 1.29 is 9.53 Å². The maximum absolute atomic E-state index is 11.8. The van der Waals surface area contributed by atoms with Gasteiger partial charge >= 0.3 is 0 Å². The quantitative estimate of drug-likeness (QED) is 0.538. The van der Waals surface area contributed by atoms with Gasteiger partial charge < -0.3 is 4.74 Å². The first kappa shape index (κ1) is 17.4. The molecular weight excluding hydrogens is 324 g/mol. The van der Waals surface area contributed by atoms with E-state index in [9.17, 15) is 4.79 Å². The van der Waals surface area contributed by atoms with Gasteiger partial charge in [0.25, 0.3) is 5.91 Å². The van der Waals surface area contributed by atoms with Crippen LogP contribution in [0.25, 0.3) is 11.1 Å². The molecule has 0 aliphatic carbocycles. The highest BCUT2D eigenvalue weighted by molar-refractivity contribution is 5.84. The lowest BCUT2D eigenvalue weighted by Gasteiger charge is -2.07. The molecule has 3 aromatic carbocycles. The largest absolute Gasteiger partial charge is 0.484 e. The molecule has 130 valence electrons. The molecular formula is C22H20N2O2. The molecule has 4 nitrogen and oxygen atoms in total. The molecule has 0 aliphatic heterocycles. The Bertz CT molecular complexity index is 888. The predicted octanol–water partition coefficient (Wildman–Crippen LogP) is 4.19. The van der Waals surface area contributed by atoms with Gasteiger partial charge in [0.15, 0.2) is 6.61 Å². The molecule has 0 bridgehead atoms. The van der Waals surface area contributed by atoms with E-state index in [2.05, 4.69) is 22.7 Å². The minimum atomic E-state index is -0.304. The van der Waals surface area contributed by atoms with Gasteiger partial charge in [0.05, 0.1) is 6.21 Å². The molecule has 0 heterocycles. The average Bonchev–Trinajstić information content (AvgIpc) is 2.69. The Labute approximate surface area is 153 Å². The number of hydrogen-bond donors (Lipinski definition) is 1. The number of carbonyl (C=O) groups is 1. The Hall–Kier alpha value is -3.40. The summed E-state index contributed by atoms with van der Waals surface area (Å²) in [6.07, 6.45) is 1.63. The molecule has 3 rings (SSSR count). The molecule has 0 aromatic heterocycles. The second-order valence-electron chi connectivity index (χ2n) is 5.83. The van der Waals surface area contributed by atoms with Crippen LogP contribution in [0.15, 0.2) is 84.0 Å². The maximum atomic E-state index is 11.8. The van der Waals surface area contributed by atoms with Crippen LogP contribution in [0.2, 0.25) is 0 Å². The topological polar surface area (TPSA) is 50.7 Å². The monoisotopic (exact) mass is 344 g/mol. The second-order valence-corrected chi connectivity index (χ2v) is 5.83. The first-order valence-electron chi connectivity index (χ1n) is 8.38. The van der Waals surface area contributed by atoms with Crippen LogP contribution < -0.4 is 10.2 Å². The number of benzene rings is 3. The van der Waals surface area contributed by atoms with Gasteiger partial charge in [0, 0.05) is 0 Å². The van der Waals surface area contributed by atoms with E-state index in [1.807, 2.05) is 73.7 Å². The summed E-state index contributed by atoms with van der Waals surface area (Å²) in [5.41, 5.74) is 6.78. The smallest absolute Gasteiger partial charge is 0.277 e. The van der Waals surface area contributed by atoms with Crippen LogP contribution in [0.1, 0.15) is 11.1 Å². The lowest BCUT2D eigenvalue weighted by molar-refractivity contribution is -0.123. The van der Waals surface area contributed by atoms with Crippen LogP contribution in [0.4, 0.5) is 0 Å². The molecule has 1 amide bonds. The summed E-state index contributed by atoms with van der Waals surface area (Å²) in [6.45, 7) is 1.90. The van der Waals surface area contributed by atoms with Crippen molar-refractivity contribution in [1.82, 2.24) is 5.43 Å². The highest BCUT2D eigenvalue weighted by Crippen LogP contribution is 2.21. The van der Waals surface area contributed by atoms with E-state index in [1.165, 1.54) is 0 Å². The Balaban J connectivity index is 1.49. The van der Waals surface area contributed by atoms with Gasteiger partial charge in [-0.15, -0.1) is 0 Å². The highest BCUT2D eigenvalue weighted by atomic mass is 16.5. The number of carbonyl (C=O) groups excluding carboxylic acids is 1. The molecule has 3 aromatic rings. The number of amides is 1. The van der Waals surface area contributed by atoms with Gasteiger partial charge in [0.1, 0.15) is 5.75 Å². The first-order chi connectivity index (χ1) is 12.7. The summed E-state index contributed by atoms with van der Waals surface area (Å²) in [7, 11) is 0. The molecule has 0 saturated heterocycles. The summed E-state index contributed by atoms with van der Waals surface area (Å²) in [6, 6.07) is 25.6. The third kappa shape index (κ3) is 4.80. The molecule has 0 fully saturated rings. The van der Waals surface area contributed by atoms with Crippen molar-refractivity contribution in [3.63, 3.8) is 0 Å². The lowest BCUT2D eigenvalue weighted by atomic mass is 10.1. The molecule has 1 N–H and O–H groups in total. The van der Waals surface area contributed by atoms with Gasteiger partial charge in [-0.3, -0.25) is 4.79 Å². The standard InChI is InChI=1S/C22H20N2O2/c1-17-7-5-6-10-20(17)15-23-24-22(25)16-26-21-13-11-19(12-14-21)18-8-3-2-4-9-18/h2-15H,16H2,1H3,(H,24,25)/b23-15+. The third-order valence-electron chi connectivity index (χ3n) is 3.91. The van der Waals surface area contributed by atoms with Crippen molar-refractivity contribution in [2.75, 3.05) is 6.61 Å². The zero-order valence-corrected chi connectivity index (χ0v) is 14.6. The number of hydrogen-bond acceptors (Lipinski definition) is 3. The molecule has 0 atom stereocenters. The fraction of sp³-hybridized carbons (Fsp3) is 0.0909. The summed E-state index contributed by atoms with van der Waals surface area (Å²) < 4.78 is 5.50. The molecule has 0 saturated carbocycles. The Morgan fingerprint density at radius 3 is 2.31 bits per heavy atom. The van der Waals surface area contributed by atoms with E-state index in [0.717, 1.165) is 22.3 Å². The second kappa shape index (κ2) is 8.62. The van der Waals surface area contributed by atoms with Crippen molar-refractivity contribution >= 4 is 12.1 Å². The summed E-state index contributed by atoms with van der Waals surface area (Å²) in [4.78, 5) is 11.8. The summed E-state index contributed by atoms with van der Waals surface area (Å²) in [5.74, 6) is 0.338. The van der Waals surface area contributed by atoms with E-state index >= 15 is 0 Å². The number of hydrazone groups is 1. The van der Waals surface area contributed by atoms with Crippen LogP contribution in [-0.2, 0) is 4.79 Å². The van der Waals surface area contributed by atoms with E-state index < -0.39 is 0 Å². The minimum Gasteiger partial charge on any atom is -0.484 e. The van der Waals surface area contributed by atoms with E-state index in [-0.39, 0.29) is 12.5 Å². The molecule has 0 unspecified atom stereocenters. The number of nitrogens with one attached hydrogen (secondary N) is 1. The van der Waals surface area contributed by atoms with Crippen molar-refractivity contribution in [1.29, 1.82) is 0 Å². The summed E-state index contributed by atoms with van der Waals surface area (Å²) in [5, 5.41) is 3.96. The lowest BCUT2D eigenvalue weighted by Crippen LogP contribution is -2.24. The molecule has 0 aliphatic rings. The molecule has 0 radical (unpaired) electrons.